The molecule has 0 aliphatic heterocycles. The summed E-state index contributed by atoms with van der Waals surface area (Å²) in [6.45, 7) is 9.28. The van der Waals surface area contributed by atoms with E-state index in [1.54, 1.807) is 6.07 Å². The molecule has 29 heavy (non-hydrogen) atoms. The summed E-state index contributed by atoms with van der Waals surface area (Å²) < 4.78 is 25.3. The van der Waals surface area contributed by atoms with Crippen LogP contribution < -0.4 is 10.5 Å². The Morgan fingerprint density at radius 1 is 1.24 bits per heavy atom. The number of sulfonamides is 1. The number of benzene rings is 1. The van der Waals surface area contributed by atoms with Crippen molar-refractivity contribution in [2.24, 2.45) is 11.1 Å². The average molecular weight is 423 g/mol. The normalized spacial score (nSPS) is 13.2. The summed E-state index contributed by atoms with van der Waals surface area (Å²) in [6.07, 6.45) is 5.02. The Morgan fingerprint density at radius 2 is 1.97 bits per heavy atom. The fourth-order valence-corrected chi connectivity index (χ4v) is 4.01. The summed E-state index contributed by atoms with van der Waals surface area (Å²) in [7, 11) is -3.78. The first-order chi connectivity index (χ1) is 13.6. The molecule has 0 saturated carbocycles. The number of nitrogens with two attached hydrogens (primary N) is 1. The van der Waals surface area contributed by atoms with Crippen LogP contribution in [0.25, 0.3) is 11.0 Å². The predicted octanol–water partition coefficient (Wildman–Crippen LogP) is 3.36. The lowest BCUT2D eigenvalue weighted by Crippen LogP contribution is -2.32. The molecule has 0 fully saturated rings. The minimum atomic E-state index is -3.78. The smallest absolute Gasteiger partial charge is 0.238 e. The van der Waals surface area contributed by atoms with Gasteiger partial charge < -0.3 is 9.88 Å². The Labute approximate surface area is 174 Å². The fraction of sp³-hybridized carbons (Fsp3) is 0.619. The van der Waals surface area contributed by atoms with Crippen molar-refractivity contribution in [3.8, 4) is 0 Å². The maximum absolute atomic E-state index is 12.3. The average Bonchev–Trinajstić information content (AvgIpc) is 2.96. The number of hydrogen-bond donors (Lipinski definition) is 2. The predicted molar refractivity (Wildman–Crippen MR) is 116 cm³/mol. The topological polar surface area (TPSA) is 107 Å². The number of fused-ring (bicyclic) bond motifs is 1. The van der Waals surface area contributed by atoms with Gasteiger partial charge in [0, 0.05) is 25.4 Å². The van der Waals surface area contributed by atoms with Crippen molar-refractivity contribution < 1.29 is 13.2 Å². The molecule has 8 heteroatoms. The van der Waals surface area contributed by atoms with E-state index in [2.05, 4.69) is 35.6 Å². The number of primary sulfonamides is 1. The number of aryl methyl sites for hydroxylation is 2. The highest BCUT2D eigenvalue weighted by molar-refractivity contribution is 7.89. The molecule has 0 radical (unpaired) electrons. The minimum Gasteiger partial charge on any atom is -0.354 e. The van der Waals surface area contributed by atoms with Gasteiger partial charge in [-0.25, -0.2) is 18.5 Å². The Bertz CT molecular complexity index is 935. The van der Waals surface area contributed by atoms with Crippen LogP contribution in [0.3, 0.4) is 0 Å². The molecule has 1 heterocycles. The number of imidazole rings is 1. The highest BCUT2D eigenvalue weighted by Crippen LogP contribution is 2.21. The van der Waals surface area contributed by atoms with Gasteiger partial charge in [0.25, 0.3) is 0 Å². The number of hydrogen-bond acceptors (Lipinski definition) is 4. The molecule has 2 aromatic rings. The second-order valence-electron chi connectivity index (χ2n) is 8.17. The third kappa shape index (κ3) is 6.82. The molecule has 1 atom stereocenters. The molecule has 1 amide bonds. The molecule has 1 aromatic carbocycles. The van der Waals surface area contributed by atoms with Gasteiger partial charge in [0.2, 0.25) is 15.9 Å². The lowest BCUT2D eigenvalue weighted by Gasteiger charge is -2.14. The van der Waals surface area contributed by atoms with E-state index in [1.165, 1.54) is 18.6 Å². The standard InChI is InChI=1S/C21H34N4O3S/c1-5-13-25-19-10-9-17(29(22,27)28)14-18(19)24-20(25)11-12-21(26)23-16(4)8-6-7-15(2)3/h9-10,14-16H,5-8,11-13H2,1-4H3,(H,23,26)(H2,22,27,28)/t16-/m0/s1. The van der Waals surface area contributed by atoms with Crippen LogP contribution in [0.5, 0.6) is 0 Å². The number of carbonyl (C=O) groups excluding carboxylic acids is 1. The molecule has 0 spiro atoms. The minimum absolute atomic E-state index is 0.0161. The summed E-state index contributed by atoms with van der Waals surface area (Å²) in [4.78, 5) is 17.0. The van der Waals surface area contributed by atoms with Crippen LogP contribution in [-0.2, 0) is 27.8 Å². The molecule has 0 saturated heterocycles. The van der Waals surface area contributed by atoms with Crippen LogP contribution in [0.2, 0.25) is 0 Å². The molecular weight excluding hydrogens is 388 g/mol. The van der Waals surface area contributed by atoms with E-state index in [9.17, 15) is 13.2 Å². The first-order valence-corrected chi connectivity index (χ1v) is 12.0. The maximum atomic E-state index is 12.3. The van der Waals surface area contributed by atoms with E-state index >= 15 is 0 Å². The van der Waals surface area contributed by atoms with Gasteiger partial charge in [0.05, 0.1) is 15.9 Å². The van der Waals surface area contributed by atoms with Crippen molar-refractivity contribution in [2.75, 3.05) is 0 Å². The Balaban J connectivity index is 2.06. The molecule has 0 unspecified atom stereocenters. The number of nitrogens with zero attached hydrogens (tertiary/aromatic N) is 2. The Hall–Kier alpha value is -1.93. The molecule has 1 aromatic heterocycles. The van der Waals surface area contributed by atoms with Gasteiger partial charge in [-0.15, -0.1) is 0 Å². The van der Waals surface area contributed by atoms with E-state index in [0.717, 1.165) is 37.1 Å². The zero-order valence-corrected chi connectivity index (χ0v) is 18.8. The monoisotopic (exact) mass is 422 g/mol. The number of rotatable bonds is 11. The maximum Gasteiger partial charge on any atom is 0.238 e. The van der Waals surface area contributed by atoms with Crippen molar-refractivity contribution in [1.29, 1.82) is 0 Å². The highest BCUT2D eigenvalue weighted by Gasteiger charge is 2.16. The van der Waals surface area contributed by atoms with Gasteiger partial charge in [-0.3, -0.25) is 4.79 Å². The number of aromatic nitrogens is 2. The van der Waals surface area contributed by atoms with E-state index in [1.807, 2.05) is 6.92 Å². The molecule has 2 rings (SSSR count). The summed E-state index contributed by atoms with van der Waals surface area (Å²) in [5, 5.41) is 8.30. The molecule has 162 valence electrons. The summed E-state index contributed by atoms with van der Waals surface area (Å²) in [5.74, 6) is 1.48. The third-order valence-electron chi connectivity index (χ3n) is 4.98. The number of nitrogens with one attached hydrogen (secondary N) is 1. The molecule has 0 aliphatic carbocycles. The lowest BCUT2D eigenvalue weighted by molar-refractivity contribution is -0.121. The van der Waals surface area contributed by atoms with Gasteiger partial charge in [0.1, 0.15) is 5.82 Å². The van der Waals surface area contributed by atoms with Crippen LogP contribution >= 0.6 is 0 Å². The van der Waals surface area contributed by atoms with Crippen molar-refractivity contribution in [2.45, 2.75) is 83.7 Å². The quantitative estimate of drug-likeness (QED) is 0.579. The van der Waals surface area contributed by atoms with Gasteiger partial charge in [0.15, 0.2) is 0 Å². The molecular formula is C21H34N4O3S. The van der Waals surface area contributed by atoms with Gasteiger partial charge in [-0.2, -0.15) is 0 Å². The summed E-state index contributed by atoms with van der Waals surface area (Å²) in [6, 6.07) is 4.89. The summed E-state index contributed by atoms with van der Waals surface area (Å²) in [5.41, 5.74) is 1.44. The third-order valence-corrected chi connectivity index (χ3v) is 5.89. The second kappa shape index (κ2) is 10.2. The van der Waals surface area contributed by atoms with Crippen molar-refractivity contribution in [1.82, 2.24) is 14.9 Å². The van der Waals surface area contributed by atoms with Crippen molar-refractivity contribution >= 4 is 27.0 Å². The van der Waals surface area contributed by atoms with E-state index in [0.29, 0.717) is 24.3 Å². The zero-order chi connectivity index (χ0) is 21.6. The Kier molecular flexibility index (Phi) is 8.22. The van der Waals surface area contributed by atoms with Crippen LogP contribution in [0, 0.1) is 5.92 Å². The fourth-order valence-electron chi connectivity index (χ4n) is 3.48. The van der Waals surface area contributed by atoms with Gasteiger partial charge in [-0.1, -0.05) is 33.6 Å². The van der Waals surface area contributed by atoms with Crippen LogP contribution in [0.15, 0.2) is 23.1 Å². The Morgan fingerprint density at radius 3 is 2.59 bits per heavy atom. The first-order valence-electron chi connectivity index (χ1n) is 10.4. The van der Waals surface area contributed by atoms with E-state index in [4.69, 9.17) is 5.14 Å². The summed E-state index contributed by atoms with van der Waals surface area (Å²) >= 11 is 0. The molecule has 0 bridgehead atoms. The molecule has 7 nitrogen and oxygen atoms in total. The SMILES string of the molecule is CCCn1c(CCC(=O)N[C@@H](C)CCCC(C)C)nc2cc(S(N)(=O)=O)ccc21. The lowest BCUT2D eigenvalue weighted by atomic mass is 10.0. The molecule has 3 N–H and O–H groups in total. The van der Waals surface area contributed by atoms with Crippen LogP contribution in [0.1, 0.15) is 65.6 Å². The van der Waals surface area contributed by atoms with Crippen molar-refractivity contribution in [3.05, 3.63) is 24.0 Å². The number of carbonyl (C=O) groups is 1. The van der Waals surface area contributed by atoms with Crippen molar-refractivity contribution in [3.63, 3.8) is 0 Å². The van der Waals surface area contributed by atoms with Crippen LogP contribution in [-0.4, -0.2) is 29.9 Å². The van der Waals surface area contributed by atoms with Gasteiger partial charge >= 0.3 is 0 Å². The zero-order valence-electron chi connectivity index (χ0n) is 17.9. The van der Waals surface area contributed by atoms with Gasteiger partial charge in [-0.05, 0) is 43.9 Å². The van der Waals surface area contributed by atoms with Crippen LogP contribution in [0.4, 0.5) is 0 Å². The first kappa shape index (κ1) is 23.3. The van der Waals surface area contributed by atoms with E-state index < -0.39 is 10.0 Å². The second-order valence-corrected chi connectivity index (χ2v) is 9.73. The highest BCUT2D eigenvalue weighted by atomic mass is 32.2. The van der Waals surface area contributed by atoms with E-state index in [-0.39, 0.29) is 16.8 Å². The largest absolute Gasteiger partial charge is 0.354 e. The molecule has 0 aliphatic rings. The number of amides is 1.